The number of hydrogen-bond acceptors (Lipinski definition) is 0. The van der Waals surface area contributed by atoms with Crippen LogP contribution in [-0.4, -0.2) is 4.43 Å². The van der Waals surface area contributed by atoms with Crippen molar-refractivity contribution in [3.63, 3.8) is 0 Å². The lowest BCUT2D eigenvalue weighted by Crippen LogP contribution is -2.17. The SMILES string of the molecule is CCC1=C(CCI)C(C)(C)C2=CC(I)=CCC21. The molecule has 0 aromatic carbocycles. The van der Waals surface area contributed by atoms with Crippen molar-refractivity contribution in [3.05, 3.63) is 32.5 Å². The van der Waals surface area contributed by atoms with Crippen molar-refractivity contribution in [1.82, 2.24) is 0 Å². The fourth-order valence-electron chi connectivity index (χ4n) is 3.42. The molecule has 0 aliphatic heterocycles. The molecule has 0 radical (unpaired) electrons. The third-order valence-corrected chi connectivity index (χ3v) is 5.52. The first-order chi connectivity index (χ1) is 8.02. The maximum atomic E-state index is 2.51. The molecule has 1 atom stereocenters. The van der Waals surface area contributed by atoms with Crippen LogP contribution in [-0.2, 0) is 0 Å². The Balaban J connectivity index is 2.47. The van der Waals surface area contributed by atoms with Crippen LogP contribution in [0.2, 0.25) is 0 Å². The van der Waals surface area contributed by atoms with Crippen LogP contribution in [0.4, 0.5) is 0 Å². The standard InChI is InChI=1S/C15H20I2/c1-4-11-12-6-5-10(17)9-14(12)15(2,3)13(11)7-8-16/h5,9,12H,4,6-8H2,1-3H3. The molecule has 2 aliphatic rings. The number of halogens is 2. The summed E-state index contributed by atoms with van der Waals surface area (Å²) in [4.78, 5) is 0. The van der Waals surface area contributed by atoms with E-state index in [0.717, 1.165) is 0 Å². The molecule has 0 bridgehead atoms. The van der Waals surface area contributed by atoms with Crippen LogP contribution in [0.3, 0.4) is 0 Å². The average molecular weight is 454 g/mol. The topological polar surface area (TPSA) is 0 Å². The number of fused-ring (bicyclic) bond motifs is 1. The van der Waals surface area contributed by atoms with E-state index in [2.05, 4.69) is 78.1 Å². The van der Waals surface area contributed by atoms with Gasteiger partial charge in [0.2, 0.25) is 0 Å². The molecule has 0 saturated heterocycles. The lowest BCUT2D eigenvalue weighted by Gasteiger charge is -2.28. The highest BCUT2D eigenvalue weighted by Gasteiger charge is 2.42. The molecule has 94 valence electrons. The lowest BCUT2D eigenvalue weighted by atomic mass is 9.77. The minimum atomic E-state index is 0.297. The third kappa shape index (κ3) is 2.40. The molecule has 0 fully saturated rings. The Bertz CT molecular complexity index is 411. The summed E-state index contributed by atoms with van der Waals surface area (Å²) in [5.74, 6) is 0.714. The molecule has 2 heteroatoms. The molecule has 0 nitrogen and oxygen atoms in total. The van der Waals surface area contributed by atoms with Crippen LogP contribution in [0.5, 0.6) is 0 Å². The van der Waals surface area contributed by atoms with E-state index in [9.17, 15) is 0 Å². The summed E-state index contributed by atoms with van der Waals surface area (Å²) in [5.41, 5.74) is 5.43. The maximum Gasteiger partial charge on any atom is 0.00904 e. The zero-order valence-corrected chi connectivity index (χ0v) is 15.1. The van der Waals surface area contributed by atoms with Crippen LogP contribution in [0, 0.1) is 11.3 Å². The third-order valence-electron chi connectivity index (χ3n) is 4.23. The smallest absolute Gasteiger partial charge is 0.00904 e. The second-order valence-electron chi connectivity index (χ2n) is 5.40. The van der Waals surface area contributed by atoms with Gasteiger partial charge in [-0.15, -0.1) is 0 Å². The summed E-state index contributed by atoms with van der Waals surface area (Å²) in [6, 6.07) is 0. The van der Waals surface area contributed by atoms with Crippen LogP contribution < -0.4 is 0 Å². The van der Waals surface area contributed by atoms with Gasteiger partial charge < -0.3 is 0 Å². The summed E-state index contributed by atoms with van der Waals surface area (Å²) in [6.07, 6.45) is 8.54. The molecular formula is C15H20I2. The molecule has 0 aromatic rings. The van der Waals surface area contributed by atoms with Crippen molar-refractivity contribution < 1.29 is 0 Å². The van der Waals surface area contributed by atoms with Gasteiger partial charge in [0.1, 0.15) is 0 Å². The van der Waals surface area contributed by atoms with Crippen molar-refractivity contribution in [2.75, 3.05) is 4.43 Å². The molecule has 0 saturated carbocycles. The van der Waals surface area contributed by atoms with Crippen molar-refractivity contribution in [1.29, 1.82) is 0 Å². The van der Waals surface area contributed by atoms with Gasteiger partial charge in [0.25, 0.3) is 0 Å². The highest BCUT2D eigenvalue weighted by atomic mass is 127. The number of rotatable bonds is 3. The molecule has 0 amide bonds. The van der Waals surface area contributed by atoms with Crippen molar-refractivity contribution >= 4 is 45.2 Å². The van der Waals surface area contributed by atoms with Gasteiger partial charge in [-0.1, -0.05) is 66.2 Å². The maximum absolute atomic E-state index is 2.51. The van der Waals surface area contributed by atoms with Crippen LogP contribution >= 0.6 is 45.2 Å². The first-order valence-corrected chi connectivity index (χ1v) is 8.98. The van der Waals surface area contributed by atoms with Gasteiger partial charge in [0, 0.05) is 19.3 Å². The number of alkyl halides is 1. The van der Waals surface area contributed by atoms with Gasteiger partial charge >= 0.3 is 0 Å². The van der Waals surface area contributed by atoms with Crippen molar-refractivity contribution in [2.45, 2.75) is 40.0 Å². The summed E-state index contributed by atoms with van der Waals surface area (Å²) in [6.45, 7) is 7.17. The Kier molecular flexibility index (Phi) is 4.44. The largest absolute Gasteiger partial charge is 0.0860 e. The molecule has 2 rings (SSSR count). The van der Waals surface area contributed by atoms with Gasteiger partial charge in [0.15, 0.2) is 0 Å². The zero-order chi connectivity index (χ0) is 12.6. The van der Waals surface area contributed by atoms with E-state index in [1.807, 2.05) is 0 Å². The summed E-state index contributed by atoms with van der Waals surface area (Å²) in [7, 11) is 0. The van der Waals surface area contributed by atoms with Crippen LogP contribution in [0.15, 0.2) is 32.5 Å². The Hall–Kier alpha value is 0.680. The highest BCUT2D eigenvalue weighted by Crippen LogP contribution is 2.55. The molecule has 2 aliphatic carbocycles. The molecule has 0 N–H and O–H groups in total. The van der Waals surface area contributed by atoms with E-state index in [0.29, 0.717) is 11.3 Å². The lowest BCUT2D eigenvalue weighted by molar-refractivity contribution is 0.509. The predicted octanol–water partition coefficient (Wildman–Crippen LogP) is 5.82. The minimum absolute atomic E-state index is 0.297. The van der Waals surface area contributed by atoms with Crippen LogP contribution in [0.1, 0.15) is 40.0 Å². The number of allylic oxidation sites excluding steroid dienone is 6. The molecule has 0 spiro atoms. The fraction of sp³-hybridized carbons (Fsp3) is 0.600. The second kappa shape index (κ2) is 5.35. The summed E-state index contributed by atoms with van der Waals surface area (Å²) in [5, 5.41) is 0. The fourth-order valence-corrected chi connectivity index (χ4v) is 4.55. The van der Waals surface area contributed by atoms with E-state index in [-0.39, 0.29) is 0 Å². The van der Waals surface area contributed by atoms with E-state index in [4.69, 9.17) is 0 Å². The zero-order valence-electron chi connectivity index (χ0n) is 10.8. The van der Waals surface area contributed by atoms with Gasteiger partial charge in [-0.25, -0.2) is 0 Å². The van der Waals surface area contributed by atoms with Gasteiger partial charge in [-0.2, -0.15) is 0 Å². The van der Waals surface area contributed by atoms with Gasteiger partial charge in [-0.05, 0) is 47.9 Å². The Labute approximate surface area is 132 Å². The quantitative estimate of drug-likeness (QED) is 0.287. The molecule has 17 heavy (non-hydrogen) atoms. The number of hydrogen-bond donors (Lipinski definition) is 0. The van der Waals surface area contributed by atoms with E-state index < -0.39 is 0 Å². The van der Waals surface area contributed by atoms with E-state index in [1.54, 1.807) is 16.7 Å². The first kappa shape index (κ1) is 14.1. The minimum Gasteiger partial charge on any atom is -0.0860 e. The van der Waals surface area contributed by atoms with Crippen molar-refractivity contribution in [2.24, 2.45) is 11.3 Å². The normalized spacial score (nSPS) is 26.8. The van der Waals surface area contributed by atoms with Gasteiger partial charge in [-0.3, -0.25) is 0 Å². The summed E-state index contributed by atoms with van der Waals surface area (Å²) < 4.78 is 2.66. The van der Waals surface area contributed by atoms with Crippen LogP contribution in [0.25, 0.3) is 0 Å². The average Bonchev–Trinajstić information content (AvgIpc) is 2.49. The van der Waals surface area contributed by atoms with Crippen molar-refractivity contribution in [3.8, 4) is 0 Å². The monoisotopic (exact) mass is 454 g/mol. The Morgan fingerprint density at radius 3 is 2.71 bits per heavy atom. The molecule has 0 aromatic heterocycles. The highest BCUT2D eigenvalue weighted by molar-refractivity contribution is 14.1. The van der Waals surface area contributed by atoms with Gasteiger partial charge in [0.05, 0.1) is 0 Å². The molecule has 1 unspecified atom stereocenters. The Morgan fingerprint density at radius 1 is 1.41 bits per heavy atom. The van der Waals surface area contributed by atoms with E-state index in [1.165, 1.54) is 27.3 Å². The van der Waals surface area contributed by atoms with E-state index >= 15 is 0 Å². The Morgan fingerprint density at radius 2 is 2.12 bits per heavy atom. The first-order valence-electron chi connectivity index (χ1n) is 6.38. The second-order valence-corrected chi connectivity index (χ2v) is 7.72. The molecule has 0 heterocycles. The molecular weight excluding hydrogens is 434 g/mol. The predicted molar refractivity (Wildman–Crippen MR) is 92.9 cm³/mol. The summed E-state index contributed by atoms with van der Waals surface area (Å²) >= 11 is 4.97.